The fourth-order valence-corrected chi connectivity index (χ4v) is 6.42. The molecule has 4 rings (SSSR count). The predicted molar refractivity (Wildman–Crippen MR) is 174 cm³/mol. The van der Waals surface area contributed by atoms with Crippen molar-refractivity contribution in [3.05, 3.63) is 92.4 Å². The molecule has 0 aliphatic carbocycles. The van der Waals surface area contributed by atoms with Gasteiger partial charge in [-0.1, -0.05) is 32.0 Å². The molecule has 2 atom stereocenters. The molecule has 0 unspecified atom stereocenters. The van der Waals surface area contributed by atoms with E-state index >= 15 is 8.78 Å². The van der Waals surface area contributed by atoms with Gasteiger partial charge in [0.1, 0.15) is 11.9 Å². The van der Waals surface area contributed by atoms with Crippen LogP contribution in [0.25, 0.3) is 11.1 Å². The molecule has 8 nitrogen and oxygen atoms in total. The Balaban J connectivity index is 1.67. The van der Waals surface area contributed by atoms with Crippen molar-refractivity contribution in [3.63, 3.8) is 0 Å². The lowest BCUT2D eigenvalue weighted by molar-refractivity contribution is -0.138. The number of aliphatic carboxylic acids is 1. The molecule has 1 saturated heterocycles. The molecule has 0 bridgehead atoms. The van der Waals surface area contributed by atoms with Crippen LogP contribution in [0.1, 0.15) is 66.6 Å². The van der Waals surface area contributed by atoms with Gasteiger partial charge in [-0.25, -0.2) is 8.78 Å². The number of halogens is 2. The molecular weight excluding hydrogens is 592 g/mol. The van der Waals surface area contributed by atoms with Crippen molar-refractivity contribution in [3.8, 4) is 11.1 Å². The number of benzene rings is 2. The lowest BCUT2D eigenvalue weighted by atomic mass is 9.90. The van der Waals surface area contributed by atoms with Gasteiger partial charge in [0.15, 0.2) is 5.82 Å². The average molecular weight is 638 g/mol. The smallest absolute Gasteiger partial charge is 0.305 e. The fourth-order valence-electron chi connectivity index (χ4n) is 6.42. The van der Waals surface area contributed by atoms with E-state index in [-0.39, 0.29) is 17.9 Å². The van der Waals surface area contributed by atoms with Crippen molar-refractivity contribution in [2.24, 2.45) is 11.8 Å². The Morgan fingerprint density at radius 1 is 1.07 bits per heavy atom. The van der Waals surface area contributed by atoms with Gasteiger partial charge in [0.2, 0.25) is 5.91 Å². The molecular formula is C36H45F2N3O5. The van der Waals surface area contributed by atoms with E-state index in [1.807, 2.05) is 45.9 Å². The highest BCUT2D eigenvalue weighted by Gasteiger charge is 2.30. The zero-order valence-electron chi connectivity index (χ0n) is 27.5. The zero-order chi connectivity index (χ0) is 33.7. The van der Waals surface area contributed by atoms with Gasteiger partial charge in [0.25, 0.3) is 5.56 Å². The number of hydrogen-bond acceptors (Lipinski definition) is 5. The quantitative estimate of drug-likeness (QED) is 0.233. The van der Waals surface area contributed by atoms with Crippen LogP contribution in [0.15, 0.2) is 47.4 Å². The number of amides is 1. The molecule has 2 heterocycles. The van der Waals surface area contributed by atoms with E-state index in [0.29, 0.717) is 42.2 Å². The molecule has 1 aliphatic rings. The summed E-state index contributed by atoms with van der Waals surface area (Å²) in [5.41, 5.74) is 3.51. The topological polar surface area (TPSA) is 101 Å². The van der Waals surface area contributed by atoms with Crippen molar-refractivity contribution in [2.45, 2.75) is 66.0 Å². The van der Waals surface area contributed by atoms with E-state index in [0.717, 1.165) is 34.3 Å². The highest BCUT2D eigenvalue weighted by molar-refractivity contribution is 5.82. The predicted octanol–water partition coefficient (Wildman–Crippen LogP) is 5.76. The maximum atomic E-state index is 15.7. The highest BCUT2D eigenvalue weighted by Crippen LogP contribution is 2.33. The van der Waals surface area contributed by atoms with Crippen LogP contribution in [0, 0.1) is 44.2 Å². The van der Waals surface area contributed by atoms with Gasteiger partial charge in [-0.2, -0.15) is 0 Å². The van der Waals surface area contributed by atoms with Crippen molar-refractivity contribution >= 4 is 11.9 Å². The standard InChI is InChI=1S/C36H45F2N3O5/c1-21(2)12-31(41-19-25(14-29(37)36(41)45)10-11-40-17-26(18-40)20-46-6)35(44)39-30(16-32(42)43)28-15-27(13-24(5)34(28)38)33-22(3)8-7-9-23(33)4/h7-9,13-15,19,21,26,30-31H,10-12,16-18,20H2,1-6H3,(H,39,44)(H,42,43)/t30-,31+/m0/s1. The number of rotatable bonds is 14. The van der Waals surface area contributed by atoms with Crippen molar-refractivity contribution in [1.29, 1.82) is 0 Å². The molecule has 1 aromatic heterocycles. The van der Waals surface area contributed by atoms with Crippen LogP contribution in [-0.4, -0.2) is 59.8 Å². The molecule has 0 saturated carbocycles. The number of ether oxygens (including phenoxy) is 1. The van der Waals surface area contributed by atoms with Crippen molar-refractivity contribution in [2.75, 3.05) is 33.4 Å². The number of aromatic nitrogens is 1. The molecule has 2 aromatic carbocycles. The highest BCUT2D eigenvalue weighted by atomic mass is 19.1. The largest absolute Gasteiger partial charge is 0.481 e. The summed E-state index contributed by atoms with van der Waals surface area (Å²) >= 11 is 0. The molecule has 10 heteroatoms. The minimum Gasteiger partial charge on any atom is -0.481 e. The van der Waals surface area contributed by atoms with E-state index in [9.17, 15) is 19.5 Å². The van der Waals surface area contributed by atoms with Crippen LogP contribution in [-0.2, 0) is 20.7 Å². The van der Waals surface area contributed by atoms with Crippen LogP contribution >= 0.6 is 0 Å². The molecule has 1 amide bonds. The van der Waals surface area contributed by atoms with Crippen LogP contribution in [0.5, 0.6) is 0 Å². The maximum absolute atomic E-state index is 15.7. The first kappa shape index (κ1) is 35.0. The van der Waals surface area contributed by atoms with Gasteiger partial charge < -0.3 is 24.6 Å². The zero-order valence-corrected chi connectivity index (χ0v) is 27.5. The lowest BCUT2D eigenvalue weighted by Gasteiger charge is -2.38. The summed E-state index contributed by atoms with van der Waals surface area (Å²) < 4.78 is 37.1. The summed E-state index contributed by atoms with van der Waals surface area (Å²) in [6.07, 6.45) is 1.59. The van der Waals surface area contributed by atoms with Crippen LogP contribution < -0.4 is 10.9 Å². The van der Waals surface area contributed by atoms with E-state index < -0.39 is 47.6 Å². The summed E-state index contributed by atoms with van der Waals surface area (Å²) in [5.74, 6) is -3.11. The van der Waals surface area contributed by atoms with E-state index in [4.69, 9.17) is 4.74 Å². The number of nitrogens with one attached hydrogen (secondary N) is 1. The average Bonchev–Trinajstić information content (AvgIpc) is 2.95. The van der Waals surface area contributed by atoms with Crippen LogP contribution in [0.2, 0.25) is 0 Å². The Labute approximate surface area is 269 Å². The second kappa shape index (κ2) is 15.1. The number of aryl methyl sites for hydroxylation is 3. The Morgan fingerprint density at radius 3 is 2.35 bits per heavy atom. The molecule has 248 valence electrons. The second-order valence-electron chi connectivity index (χ2n) is 13.0. The lowest BCUT2D eigenvalue weighted by Crippen LogP contribution is -2.49. The number of nitrogens with zero attached hydrogens (tertiary/aromatic N) is 2. The Hall–Kier alpha value is -3.89. The SMILES string of the molecule is COCC1CN(CCc2cc(F)c(=O)n([C@H](CC(C)C)C(=O)N[C@@H](CC(=O)O)c3cc(-c4c(C)cccc4C)cc(C)c3F)c2)C1. The van der Waals surface area contributed by atoms with E-state index in [1.54, 1.807) is 26.2 Å². The molecule has 0 radical (unpaired) electrons. The van der Waals surface area contributed by atoms with Gasteiger partial charge in [-0.05, 0) is 91.1 Å². The monoisotopic (exact) mass is 637 g/mol. The number of hydrogen-bond donors (Lipinski definition) is 2. The number of likely N-dealkylation sites (tertiary alicyclic amines) is 1. The molecule has 1 fully saturated rings. The number of carboxylic acids is 1. The summed E-state index contributed by atoms with van der Waals surface area (Å²) in [4.78, 5) is 41.3. The number of methoxy groups -OCH3 is 1. The van der Waals surface area contributed by atoms with E-state index in [1.165, 1.54) is 12.3 Å². The summed E-state index contributed by atoms with van der Waals surface area (Å²) in [6.45, 7) is 12.3. The maximum Gasteiger partial charge on any atom is 0.305 e. The molecule has 2 N–H and O–H groups in total. The number of carbonyl (C=O) groups is 2. The van der Waals surface area contributed by atoms with Gasteiger partial charge in [-0.15, -0.1) is 0 Å². The van der Waals surface area contributed by atoms with Gasteiger partial charge >= 0.3 is 5.97 Å². The van der Waals surface area contributed by atoms with Crippen LogP contribution in [0.4, 0.5) is 8.78 Å². The first-order valence-corrected chi connectivity index (χ1v) is 15.8. The third-order valence-corrected chi connectivity index (χ3v) is 8.66. The molecule has 46 heavy (non-hydrogen) atoms. The number of pyridine rings is 1. The van der Waals surface area contributed by atoms with Gasteiger partial charge in [-0.3, -0.25) is 14.4 Å². The first-order chi connectivity index (χ1) is 21.8. The van der Waals surface area contributed by atoms with E-state index in [2.05, 4.69) is 10.2 Å². The summed E-state index contributed by atoms with van der Waals surface area (Å²) in [6, 6.07) is 7.94. The van der Waals surface area contributed by atoms with Gasteiger partial charge in [0, 0.05) is 44.4 Å². The number of carboxylic acid groups (broad SMARTS) is 1. The Morgan fingerprint density at radius 2 is 1.74 bits per heavy atom. The molecule has 1 aliphatic heterocycles. The normalized spacial score (nSPS) is 15.1. The second-order valence-corrected chi connectivity index (χ2v) is 13.0. The number of carbonyl (C=O) groups excluding carboxylic acids is 1. The Bertz CT molecular complexity index is 1610. The van der Waals surface area contributed by atoms with Crippen LogP contribution in [0.3, 0.4) is 0 Å². The third kappa shape index (κ3) is 8.27. The Kier molecular flexibility index (Phi) is 11.5. The summed E-state index contributed by atoms with van der Waals surface area (Å²) in [7, 11) is 1.67. The minimum atomic E-state index is -1.24. The molecule has 3 aromatic rings. The van der Waals surface area contributed by atoms with Crippen molar-refractivity contribution < 1.29 is 28.2 Å². The molecule has 0 spiro atoms. The fraction of sp³-hybridized carbons (Fsp3) is 0.472. The first-order valence-electron chi connectivity index (χ1n) is 15.8. The third-order valence-electron chi connectivity index (χ3n) is 8.66. The summed E-state index contributed by atoms with van der Waals surface area (Å²) in [5, 5.41) is 12.5. The van der Waals surface area contributed by atoms with Gasteiger partial charge in [0.05, 0.1) is 19.1 Å². The minimum absolute atomic E-state index is 0.0327. The van der Waals surface area contributed by atoms with Crippen molar-refractivity contribution in [1.82, 2.24) is 14.8 Å².